The molecular weight excluding hydrogens is 326 g/mol. The minimum atomic E-state index is -0.424. The normalized spacial score (nSPS) is 10.7. The summed E-state index contributed by atoms with van der Waals surface area (Å²) in [5, 5.41) is 0. The van der Waals surface area contributed by atoms with Crippen molar-refractivity contribution in [3.8, 4) is 0 Å². The summed E-state index contributed by atoms with van der Waals surface area (Å²) in [5.41, 5.74) is 5.80. The number of hydrogen-bond donors (Lipinski definition) is 1. The van der Waals surface area contributed by atoms with Crippen LogP contribution in [-0.4, -0.2) is 16.6 Å². The molecule has 0 amide bonds. The number of esters is 1. The van der Waals surface area contributed by atoms with E-state index in [1.165, 1.54) is 12.2 Å². The number of rotatable bonds is 4. The Bertz CT molecular complexity index is 233. The molecule has 0 aliphatic heterocycles. The van der Waals surface area contributed by atoms with Crippen LogP contribution in [0.5, 0.6) is 0 Å². The predicted octanol–water partition coefficient (Wildman–Crippen LogP) is 0.100. The van der Waals surface area contributed by atoms with Gasteiger partial charge in [0.1, 0.15) is 0 Å². The Hall–Kier alpha value is -0.532. The Morgan fingerprint density at radius 1 is 1.75 bits per heavy atom. The molecule has 0 rings (SSSR count). The van der Waals surface area contributed by atoms with Crippen molar-refractivity contribution >= 4 is 9.99 Å². The van der Waals surface area contributed by atoms with Crippen LogP contribution in [-0.2, 0) is 28.9 Å². The summed E-state index contributed by atoms with van der Waals surface area (Å²) in [6.07, 6.45) is 2.71. The Labute approximate surface area is 82.7 Å². The molecule has 12 heavy (non-hydrogen) atoms. The third kappa shape index (κ3) is 3.74. The molecule has 66 valence electrons. The number of carbonyl (C=O) groups excluding carboxylic acids is 1. The first-order valence-corrected chi connectivity index (χ1v) is 4.82. The molecule has 0 aromatic carbocycles. The molecule has 2 N–H and O–H groups in total. The number of ether oxygens (including phenoxy) is 1. The first-order chi connectivity index (χ1) is 5.63. The summed E-state index contributed by atoms with van der Waals surface area (Å²) in [4.78, 5) is 11.1. The van der Waals surface area contributed by atoms with Gasteiger partial charge in [0, 0.05) is 0 Å². The maximum atomic E-state index is 11.1. The van der Waals surface area contributed by atoms with E-state index in [4.69, 9.17) is 17.0 Å². The van der Waals surface area contributed by atoms with Gasteiger partial charge in [-0.1, -0.05) is 0 Å². The molecule has 0 unspecified atom stereocenters. The average molecular weight is 336 g/mol. The zero-order valence-electron chi connectivity index (χ0n) is 6.74. The summed E-state index contributed by atoms with van der Waals surface area (Å²) < 4.78 is 5.23. The zero-order chi connectivity index (χ0) is 9.56. The van der Waals surface area contributed by atoms with Gasteiger partial charge >= 0.3 is 82.4 Å². The molecule has 0 fully saturated rings. The van der Waals surface area contributed by atoms with Gasteiger partial charge in [0.15, 0.2) is 0 Å². The SMILES string of the molecule is [CH-]=C/C=C(/C(=O)OCC)[C](N)=[W]. The van der Waals surface area contributed by atoms with Gasteiger partial charge in [0.25, 0.3) is 0 Å². The van der Waals surface area contributed by atoms with Gasteiger partial charge in [-0.3, -0.25) is 0 Å². The average Bonchev–Trinajstić information content (AvgIpc) is 1.99. The van der Waals surface area contributed by atoms with Crippen molar-refractivity contribution in [1.29, 1.82) is 0 Å². The van der Waals surface area contributed by atoms with E-state index in [1.807, 2.05) is 0 Å². The third-order valence-electron chi connectivity index (χ3n) is 1.02. The van der Waals surface area contributed by atoms with Crippen molar-refractivity contribution < 1.29 is 28.9 Å². The van der Waals surface area contributed by atoms with E-state index in [2.05, 4.69) is 0 Å². The Kier molecular flexibility index (Phi) is 5.77. The van der Waals surface area contributed by atoms with E-state index in [1.54, 1.807) is 6.92 Å². The van der Waals surface area contributed by atoms with Crippen molar-refractivity contribution in [2.45, 2.75) is 6.92 Å². The Balaban J connectivity index is 4.52. The molecule has 0 spiro atoms. The standard InChI is InChI=1S/C8H10NO2.W/c1-3-5-7(6-9)8(10)11-4-2;/h1,3,5H,4,9H2,2H3;/q-1;/b7-5+;. The molecule has 0 aliphatic rings. The summed E-state index contributed by atoms with van der Waals surface area (Å²) in [7, 11) is 0. The summed E-state index contributed by atoms with van der Waals surface area (Å²) in [5.74, 6) is -0.424. The van der Waals surface area contributed by atoms with E-state index >= 15 is 0 Å². The molecule has 3 nitrogen and oxygen atoms in total. The van der Waals surface area contributed by atoms with E-state index in [-0.39, 0.29) is 0 Å². The fourth-order valence-electron chi connectivity index (χ4n) is 0.556. The summed E-state index contributed by atoms with van der Waals surface area (Å²) in [6, 6.07) is 0. The molecule has 0 saturated carbocycles. The number of nitrogens with two attached hydrogens (primary N) is 1. The fourth-order valence-corrected chi connectivity index (χ4v) is 1.10. The van der Waals surface area contributed by atoms with Gasteiger partial charge in [0.2, 0.25) is 0 Å². The molecule has 0 aromatic heterocycles. The molecule has 0 bridgehead atoms. The van der Waals surface area contributed by atoms with Gasteiger partial charge in [-0.25, -0.2) is 0 Å². The van der Waals surface area contributed by atoms with Crippen LogP contribution in [0.3, 0.4) is 0 Å². The van der Waals surface area contributed by atoms with Crippen molar-refractivity contribution in [3.63, 3.8) is 0 Å². The number of carbonyl (C=O) groups is 1. The van der Waals surface area contributed by atoms with Crippen LogP contribution in [0.15, 0.2) is 17.7 Å². The van der Waals surface area contributed by atoms with E-state index < -0.39 is 5.97 Å². The van der Waals surface area contributed by atoms with E-state index in [0.717, 1.165) is 19.4 Å². The summed E-state index contributed by atoms with van der Waals surface area (Å²) >= 11 is 1.02. The first kappa shape index (κ1) is 11.5. The van der Waals surface area contributed by atoms with Crippen LogP contribution in [0, 0.1) is 6.58 Å². The molecule has 0 aliphatic carbocycles. The topological polar surface area (TPSA) is 52.3 Å². The first-order valence-electron chi connectivity index (χ1n) is 3.35. The van der Waals surface area contributed by atoms with Crippen molar-refractivity contribution in [1.82, 2.24) is 0 Å². The molecular formula is C8H10NO2W-. The van der Waals surface area contributed by atoms with Crippen LogP contribution in [0.4, 0.5) is 0 Å². The van der Waals surface area contributed by atoms with E-state index in [0.29, 0.717) is 16.2 Å². The van der Waals surface area contributed by atoms with Gasteiger partial charge in [-0.05, 0) is 0 Å². The fraction of sp³-hybridized carbons (Fsp3) is 0.250. The molecule has 4 heteroatoms. The van der Waals surface area contributed by atoms with Gasteiger partial charge in [0.05, 0.1) is 0 Å². The van der Waals surface area contributed by atoms with Gasteiger partial charge in [-0.15, -0.1) is 0 Å². The quantitative estimate of drug-likeness (QED) is 0.343. The van der Waals surface area contributed by atoms with Crippen molar-refractivity contribution in [2.75, 3.05) is 6.61 Å². The van der Waals surface area contributed by atoms with Crippen molar-refractivity contribution in [2.24, 2.45) is 5.73 Å². The maximum absolute atomic E-state index is 11.1. The minimum absolute atomic E-state index is 0.337. The van der Waals surface area contributed by atoms with Crippen LogP contribution in [0.25, 0.3) is 0 Å². The molecule has 0 radical (unpaired) electrons. The van der Waals surface area contributed by atoms with Crippen LogP contribution in [0.1, 0.15) is 6.92 Å². The van der Waals surface area contributed by atoms with Crippen LogP contribution in [0.2, 0.25) is 0 Å². The van der Waals surface area contributed by atoms with Crippen LogP contribution < -0.4 is 5.73 Å². The van der Waals surface area contributed by atoms with Crippen molar-refractivity contribution in [3.05, 3.63) is 24.3 Å². The molecule has 0 aromatic rings. The third-order valence-corrected chi connectivity index (χ3v) is 1.81. The second-order valence-corrected chi connectivity index (χ2v) is 3.44. The van der Waals surface area contributed by atoms with Gasteiger partial charge in [-0.2, -0.15) is 0 Å². The Morgan fingerprint density at radius 2 is 2.33 bits per heavy atom. The second kappa shape index (κ2) is 6.04. The summed E-state index contributed by atoms with van der Waals surface area (Å²) in [6.45, 7) is 7.21. The number of hydrogen-bond acceptors (Lipinski definition) is 3. The predicted molar refractivity (Wildman–Crippen MR) is 42.8 cm³/mol. The van der Waals surface area contributed by atoms with E-state index in [9.17, 15) is 4.79 Å². The molecule has 0 atom stereocenters. The Morgan fingerprint density at radius 3 is 2.67 bits per heavy atom. The second-order valence-electron chi connectivity index (χ2n) is 1.86. The zero-order valence-corrected chi connectivity index (χ0v) is 9.67. The monoisotopic (exact) mass is 336 g/mol. The number of allylic oxidation sites excluding steroid dienone is 2. The molecule has 0 saturated heterocycles. The molecule has 0 heterocycles. The van der Waals surface area contributed by atoms with Gasteiger partial charge < -0.3 is 0 Å². The van der Waals surface area contributed by atoms with Crippen LogP contribution >= 0.6 is 0 Å².